The summed E-state index contributed by atoms with van der Waals surface area (Å²) in [5.74, 6) is -0.980. The van der Waals surface area contributed by atoms with Gasteiger partial charge in [-0.05, 0) is 6.07 Å². The molecule has 2 nitrogen and oxygen atoms in total. The normalized spacial score (nSPS) is 9.55. The first-order chi connectivity index (χ1) is 5.09. The molecular formula is C7H5O2S2-. The fourth-order valence-corrected chi connectivity index (χ4v) is 1.33. The third kappa shape index (κ3) is 2.10. The highest BCUT2D eigenvalue weighted by molar-refractivity contribution is 7.80. The molecule has 1 N–H and O–H groups in total. The second kappa shape index (κ2) is 3.11. The summed E-state index contributed by atoms with van der Waals surface area (Å²) in [6.45, 7) is 0. The highest BCUT2D eigenvalue weighted by Crippen LogP contribution is 2.12. The number of hydrogen-bond donors (Lipinski definition) is 2. The molecule has 0 heterocycles. The zero-order chi connectivity index (χ0) is 8.43. The summed E-state index contributed by atoms with van der Waals surface area (Å²) in [5, 5.41) is 8.55. The molecule has 0 fully saturated rings. The maximum atomic E-state index is 10.4. The summed E-state index contributed by atoms with van der Waals surface area (Å²) in [7, 11) is 0. The molecule has 58 valence electrons. The maximum absolute atomic E-state index is 10.4. The van der Waals surface area contributed by atoms with E-state index >= 15 is 0 Å². The van der Waals surface area contributed by atoms with Crippen LogP contribution in [0.2, 0.25) is 0 Å². The monoisotopic (exact) mass is 185 g/mol. The van der Waals surface area contributed by atoms with Crippen molar-refractivity contribution >= 4 is 31.2 Å². The van der Waals surface area contributed by atoms with Crippen LogP contribution in [-0.4, -0.2) is 11.1 Å². The van der Waals surface area contributed by atoms with Crippen molar-refractivity contribution in [3.05, 3.63) is 23.8 Å². The van der Waals surface area contributed by atoms with Crippen LogP contribution in [0.5, 0.6) is 0 Å². The summed E-state index contributed by atoms with van der Waals surface area (Å²) in [5.41, 5.74) is 0.183. The Kier molecular flexibility index (Phi) is 2.36. The first kappa shape index (κ1) is 8.36. The summed E-state index contributed by atoms with van der Waals surface area (Å²) in [6, 6.07) is 4.52. The van der Waals surface area contributed by atoms with Crippen molar-refractivity contribution in [3.63, 3.8) is 0 Å². The molecule has 0 spiro atoms. The summed E-state index contributed by atoms with van der Waals surface area (Å²) in [6.07, 6.45) is 0. The van der Waals surface area contributed by atoms with E-state index in [0.29, 0.717) is 9.79 Å². The third-order valence-corrected chi connectivity index (χ3v) is 1.63. The van der Waals surface area contributed by atoms with E-state index in [2.05, 4.69) is 12.6 Å². The van der Waals surface area contributed by atoms with Gasteiger partial charge in [0, 0.05) is 4.90 Å². The number of aromatic carboxylic acids is 1. The molecule has 0 saturated heterocycles. The zero-order valence-corrected chi connectivity index (χ0v) is 7.15. The Balaban J connectivity index is 3.19. The van der Waals surface area contributed by atoms with Gasteiger partial charge in [0.05, 0.1) is 5.56 Å². The van der Waals surface area contributed by atoms with Crippen LogP contribution in [0.3, 0.4) is 0 Å². The summed E-state index contributed by atoms with van der Waals surface area (Å²) in [4.78, 5) is 11.5. The predicted molar refractivity (Wildman–Crippen MR) is 46.3 cm³/mol. The van der Waals surface area contributed by atoms with E-state index in [1.54, 1.807) is 6.07 Å². The number of rotatable bonds is 1. The number of carboxylic acid groups (broad SMARTS) is 1. The van der Waals surface area contributed by atoms with Crippen LogP contribution in [0.1, 0.15) is 10.4 Å². The van der Waals surface area contributed by atoms with Crippen molar-refractivity contribution in [3.8, 4) is 0 Å². The molecule has 0 aromatic heterocycles. The average Bonchev–Trinajstić information content (AvgIpc) is 1.85. The minimum absolute atomic E-state index is 0.183. The van der Waals surface area contributed by atoms with E-state index in [-0.39, 0.29) is 5.56 Å². The fourth-order valence-electron chi connectivity index (χ4n) is 0.707. The van der Waals surface area contributed by atoms with Gasteiger partial charge in [-0.3, -0.25) is 0 Å². The van der Waals surface area contributed by atoms with E-state index in [1.165, 1.54) is 12.1 Å². The standard InChI is InChI=1S/C7H6O2S2/c8-7(9)4-1-5(10)3-6(11)2-4/h1-3,10-11H,(H,8,9)/p-1. The molecule has 0 aliphatic carbocycles. The van der Waals surface area contributed by atoms with Gasteiger partial charge >= 0.3 is 5.97 Å². The largest absolute Gasteiger partial charge is 0.780 e. The molecule has 0 bridgehead atoms. The molecule has 1 rings (SSSR count). The second-order valence-electron chi connectivity index (χ2n) is 2.02. The van der Waals surface area contributed by atoms with Crippen molar-refractivity contribution in [1.29, 1.82) is 0 Å². The van der Waals surface area contributed by atoms with Crippen LogP contribution in [0.15, 0.2) is 28.0 Å². The summed E-state index contributed by atoms with van der Waals surface area (Å²) < 4.78 is 0. The molecule has 1 aromatic rings. The smallest absolute Gasteiger partial charge is 0.335 e. The van der Waals surface area contributed by atoms with E-state index in [1.807, 2.05) is 0 Å². The molecule has 0 atom stereocenters. The molecule has 0 amide bonds. The predicted octanol–water partition coefficient (Wildman–Crippen LogP) is 1.58. The lowest BCUT2D eigenvalue weighted by molar-refractivity contribution is 0.0696. The van der Waals surface area contributed by atoms with Crippen molar-refractivity contribution < 1.29 is 9.90 Å². The Hall–Kier alpha value is -0.740. The number of benzene rings is 1. The van der Waals surface area contributed by atoms with E-state index in [9.17, 15) is 4.79 Å². The highest BCUT2D eigenvalue weighted by atomic mass is 32.1. The lowest BCUT2D eigenvalue weighted by atomic mass is 10.2. The Labute approximate surface area is 75.1 Å². The van der Waals surface area contributed by atoms with Crippen molar-refractivity contribution in [1.82, 2.24) is 0 Å². The van der Waals surface area contributed by atoms with Gasteiger partial charge in [-0.25, -0.2) is 4.79 Å². The Morgan fingerprint density at radius 1 is 1.45 bits per heavy atom. The van der Waals surface area contributed by atoms with Gasteiger partial charge in [0.1, 0.15) is 0 Å². The molecule has 0 aliphatic heterocycles. The van der Waals surface area contributed by atoms with Gasteiger partial charge in [-0.1, -0.05) is 12.1 Å². The average molecular weight is 185 g/mol. The molecular weight excluding hydrogens is 180 g/mol. The van der Waals surface area contributed by atoms with Gasteiger partial charge in [0.2, 0.25) is 0 Å². The number of hydrogen-bond acceptors (Lipinski definition) is 3. The lowest BCUT2D eigenvalue weighted by Gasteiger charge is -2.06. The minimum atomic E-state index is -0.980. The number of thiol groups is 1. The van der Waals surface area contributed by atoms with Crippen molar-refractivity contribution in [2.45, 2.75) is 9.79 Å². The number of carboxylic acids is 1. The maximum Gasteiger partial charge on any atom is 0.335 e. The van der Waals surface area contributed by atoms with E-state index < -0.39 is 5.97 Å². The van der Waals surface area contributed by atoms with Gasteiger partial charge < -0.3 is 17.7 Å². The molecule has 0 saturated carbocycles. The van der Waals surface area contributed by atoms with E-state index in [4.69, 9.17) is 17.7 Å². The minimum Gasteiger partial charge on any atom is -0.780 e. The van der Waals surface area contributed by atoms with Gasteiger partial charge in [0.25, 0.3) is 0 Å². The second-order valence-corrected chi connectivity index (χ2v) is 3.01. The summed E-state index contributed by atoms with van der Waals surface area (Å²) >= 11 is 8.78. The molecule has 0 aliphatic rings. The highest BCUT2D eigenvalue weighted by Gasteiger charge is 2.00. The Morgan fingerprint density at radius 2 is 2.09 bits per heavy atom. The van der Waals surface area contributed by atoms with Crippen LogP contribution < -0.4 is 0 Å². The van der Waals surface area contributed by atoms with Crippen LogP contribution in [-0.2, 0) is 12.6 Å². The lowest BCUT2D eigenvalue weighted by Crippen LogP contribution is -1.95. The SMILES string of the molecule is O=C(O)c1cc([S-])cc(S)c1. The van der Waals surface area contributed by atoms with Crippen LogP contribution in [0.25, 0.3) is 0 Å². The quantitative estimate of drug-likeness (QED) is 0.515. The van der Waals surface area contributed by atoms with Crippen LogP contribution >= 0.6 is 12.6 Å². The Bertz CT molecular complexity index is 276. The molecule has 0 unspecified atom stereocenters. The molecule has 1 aromatic carbocycles. The first-order valence-corrected chi connectivity index (χ1v) is 3.69. The molecule has 4 heteroatoms. The fraction of sp³-hybridized carbons (Fsp3) is 0. The Morgan fingerprint density at radius 3 is 2.55 bits per heavy atom. The van der Waals surface area contributed by atoms with E-state index in [0.717, 1.165) is 0 Å². The topological polar surface area (TPSA) is 37.3 Å². The van der Waals surface area contributed by atoms with Crippen molar-refractivity contribution in [2.24, 2.45) is 0 Å². The third-order valence-electron chi connectivity index (χ3n) is 1.14. The van der Waals surface area contributed by atoms with Crippen LogP contribution in [0.4, 0.5) is 0 Å². The van der Waals surface area contributed by atoms with Gasteiger partial charge in [-0.2, -0.15) is 4.90 Å². The zero-order valence-electron chi connectivity index (χ0n) is 5.44. The first-order valence-electron chi connectivity index (χ1n) is 2.84. The van der Waals surface area contributed by atoms with Crippen molar-refractivity contribution in [2.75, 3.05) is 0 Å². The molecule has 0 radical (unpaired) electrons. The van der Waals surface area contributed by atoms with Gasteiger partial charge in [0.15, 0.2) is 0 Å². The van der Waals surface area contributed by atoms with Crippen LogP contribution in [0, 0.1) is 0 Å². The molecule has 11 heavy (non-hydrogen) atoms. The number of carbonyl (C=O) groups is 1. The van der Waals surface area contributed by atoms with Gasteiger partial charge in [-0.15, -0.1) is 12.6 Å².